The van der Waals surface area contributed by atoms with E-state index in [0.717, 1.165) is 39.2 Å². The number of halogens is 2. The summed E-state index contributed by atoms with van der Waals surface area (Å²) < 4.78 is 12.1. The maximum Gasteiger partial charge on any atom is 0.260 e. The number of ether oxygens (including phenoxy) is 1. The van der Waals surface area contributed by atoms with Crippen molar-refractivity contribution in [3.63, 3.8) is 0 Å². The molecule has 2 N–H and O–H groups in total. The van der Waals surface area contributed by atoms with Gasteiger partial charge in [0, 0.05) is 21.5 Å². The van der Waals surface area contributed by atoms with Gasteiger partial charge in [0.1, 0.15) is 5.76 Å². The molecule has 1 unspecified atom stereocenters. The average molecular weight is 540 g/mol. The fourth-order valence-corrected chi connectivity index (χ4v) is 5.23. The summed E-state index contributed by atoms with van der Waals surface area (Å²) in [4.78, 5) is 4.71. The molecule has 6 rings (SSSR count). The fraction of sp³-hybridized carbons (Fsp3) is 0.0968. The molecule has 2 aliphatic rings. The topological polar surface area (TPSA) is 74.2 Å². The van der Waals surface area contributed by atoms with Crippen molar-refractivity contribution in [2.75, 3.05) is 0 Å². The molecular weight excluding hydrogens is 517 g/mol. The van der Waals surface area contributed by atoms with Crippen LogP contribution in [0.3, 0.4) is 0 Å². The minimum Gasteiger partial charge on any atom is -0.441 e. The Balaban J connectivity index is 1.49. The zero-order valence-corrected chi connectivity index (χ0v) is 21.8. The number of hydrogen-bond donors (Lipinski definition) is 1. The summed E-state index contributed by atoms with van der Waals surface area (Å²) in [6.07, 6.45) is 3.42. The van der Waals surface area contributed by atoms with Crippen molar-refractivity contribution in [1.82, 2.24) is 10.1 Å². The van der Waals surface area contributed by atoms with Gasteiger partial charge in [0.2, 0.25) is 11.7 Å². The van der Waals surface area contributed by atoms with E-state index in [-0.39, 0.29) is 11.8 Å². The SMILES string of the molecule is C=C1CC2=C(OC(N)=C(c3nc(-c4ccccc4)no3)C2c2ccc(Cl)cc2)/C(=C/c2ccc(Cl)cc2)C1. The molecule has 0 saturated heterocycles. The Morgan fingerprint density at radius 3 is 2.29 bits per heavy atom. The number of allylic oxidation sites excluding steroid dienone is 4. The summed E-state index contributed by atoms with van der Waals surface area (Å²) in [7, 11) is 0. The van der Waals surface area contributed by atoms with Crippen molar-refractivity contribution in [2.24, 2.45) is 5.73 Å². The monoisotopic (exact) mass is 539 g/mol. The van der Waals surface area contributed by atoms with Gasteiger partial charge in [0.05, 0.1) is 5.57 Å². The maximum absolute atomic E-state index is 6.64. The Morgan fingerprint density at radius 2 is 1.58 bits per heavy atom. The minimum absolute atomic E-state index is 0.224. The number of aromatic nitrogens is 2. The first-order chi connectivity index (χ1) is 18.5. The van der Waals surface area contributed by atoms with Crippen LogP contribution in [-0.2, 0) is 4.74 Å². The Kier molecular flexibility index (Phi) is 6.40. The van der Waals surface area contributed by atoms with Gasteiger partial charge in [-0.3, -0.25) is 0 Å². The van der Waals surface area contributed by atoms with E-state index in [1.54, 1.807) is 0 Å². The van der Waals surface area contributed by atoms with E-state index in [9.17, 15) is 0 Å². The third-order valence-electron chi connectivity index (χ3n) is 6.68. The van der Waals surface area contributed by atoms with Crippen LogP contribution in [0.2, 0.25) is 10.0 Å². The maximum atomic E-state index is 6.64. The second-order valence-electron chi connectivity index (χ2n) is 9.33. The normalized spacial score (nSPS) is 18.5. The van der Waals surface area contributed by atoms with E-state index in [1.165, 1.54) is 0 Å². The molecule has 38 heavy (non-hydrogen) atoms. The molecule has 0 bridgehead atoms. The zero-order chi connectivity index (χ0) is 26.2. The molecule has 5 nitrogen and oxygen atoms in total. The molecule has 0 amide bonds. The fourth-order valence-electron chi connectivity index (χ4n) is 4.98. The number of hydrogen-bond acceptors (Lipinski definition) is 5. The lowest BCUT2D eigenvalue weighted by Gasteiger charge is -2.35. The molecule has 0 radical (unpaired) electrons. The van der Waals surface area contributed by atoms with Gasteiger partial charge in [-0.1, -0.05) is 95.1 Å². The molecule has 2 heterocycles. The van der Waals surface area contributed by atoms with E-state index < -0.39 is 0 Å². The zero-order valence-electron chi connectivity index (χ0n) is 20.3. The smallest absolute Gasteiger partial charge is 0.260 e. The summed E-state index contributed by atoms with van der Waals surface area (Å²) in [6, 6.07) is 25.1. The van der Waals surface area contributed by atoms with Crippen LogP contribution in [0.4, 0.5) is 0 Å². The molecule has 1 atom stereocenters. The van der Waals surface area contributed by atoms with Crippen LogP contribution < -0.4 is 5.73 Å². The molecule has 1 aliphatic heterocycles. The van der Waals surface area contributed by atoms with E-state index >= 15 is 0 Å². The molecule has 188 valence electrons. The summed E-state index contributed by atoms with van der Waals surface area (Å²) in [5.41, 5.74) is 13.2. The predicted octanol–water partition coefficient (Wildman–Crippen LogP) is 8.17. The first-order valence-electron chi connectivity index (χ1n) is 12.1. The predicted molar refractivity (Wildman–Crippen MR) is 151 cm³/mol. The molecule has 7 heteroatoms. The van der Waals surface area contributed by atoms with Gasteiger partial charge >= 0.3 is 0 Å². The van der Waals surface area contributed by atoms with Gasteiger partial charge < -0.3 is 15.0 Å². The van der Waals surface area contributed by atoms with Crippen molar-refractivity contribution in [3.05, 3.63) is 141 Å². The van der Waals surface area contributed by atoms with E-state index in [4.69, 9.17) is 43.2 Å². The van der Waals surface area contributed by atoms with E-state index in [1.807, 2.05) is 78.9 Å². The van der Waals surface area contributed by atoms with Gasteiger partial charge in [0.25, 0.3) is 5.89 Å². The summed E-state index contributed by atoms with van der Waals surface area (Å²) >= 11 is 12.3. The summed E-state index contributed by atoms with van der Waals surface area (Å²) in [5.74, 6) is 1.47. The minimum atomic E-state index is -0.286. The second-order valence-corrected chi connectivity index (χ2v) is 10.2. The van der Waals surface area contributed by atoms with Crippen molar-refractivity contribution in [2.45, 2.75) is 18.8 Å². The lowest BCUT2D eigenvalue weighted by Crippen LogP contribution is -2.24. The largest absolute Gasteiger partial charge is 0.441 e. The standard InChI is InChI=1S/C31H23Cl2N3O2/c1-18-15-22(17-19-7-11-23(32)12-8-19)28-25(16-18)26(20-9-13-24(33)14-10-20)27(29(34)37-28)31-35-30(36-38-31)21-5-3-2-4-6-21/h2-14,17,26H,1,15-16,34H2/b22-17+. The molecule has 0 fully saturated rings. The van der Waals surface area contributed by atoms with Gasteiger partial charge in [-0.05, 0) is 65.5 Å². The van der Waals surface area contributed by atoms with Crippen LogP contribution in [0, 0.1) is 0 Å². The highest BCUT2D eigenvalue weighted by Crippen LogP contribution is 2.51. The van der Waals surface area contributed by atoms with Crippen LogP contribution in [0.1, 0.15) is 35.8 Å². The van der Waals surface area contributed by atoms with Crippen LogP contribution in [0.25, 0.3) is 23.0 Å². The lowest BCUT2D eigenvalue weighted by atomic mass is 9.75. The Hall–Kier alpha value is -4.06. The highest BCUT2D eigenvalue weighted by molar-refractivity contribution is 6.30. The van der Waals surface area contributed by atoms with Crippen LogP contribution in [0.5, 0.6) is 0 Å². The van der Waals surface area contributed by atoms with Crippen molar-refractivity contribution in [3.8, 4) is 11.4 Å². The molecule has 1 aliphatic carbocycles. The van der Waals surface area contributed by atoms with E-state index in [0.29, 0.717) is 40.2 Å². The van der Waals surface area contributed by atoms with Crippen molar-refractivity contribution in [1.29, 1.82) is 0 Å². The first-order valence-corrected chi connectivity index (χ1v) is 12.9. The Labute approximate surface area is 230 Å². The van der Waals surface area contributed by atoms with Gasteiger partial charge in [-0.15, -0.1) is 0 Å². The molecule has 1 aromatic heterocycles. The molecule has 3 aromatic carbocycles. The number of nitrogens with two attached hydrogens (primary N) is 1. The molecule has 0 spiro atoms. The van der Waals surface area contributed by atoms with Gasteiger partial charge in [-0.25, -0.2) is 0 Å². The molecular formula is C31H23Cl2N3O2. The number of benzene rings is 3. The molecule has 0 saturated carbocycles. The van der Waals surface area contributed by atoms with Crippen LogP contribution in [0.15, 0.2) is 118 Å². The average Bonchev–Trinajstić information content (AvgIpc) is 3.41. The number of rotatable bonds is 4. The lowest BCUT2D eigenvalue weighted by molar-refractivity contribution is 0.286. The van der Waals surface area contributed by atoms with E-state index in [2.05, 4.69) is 17.8 Å². The van der Waals surface area contributed by atoms with Crippen molar-refractivity contribution < 1.29 is 9.26 Å². The summed E-state index contributed by atoms with van der Waals surface area (Å²) in [5, 5.41) is 5.56. The van der Waals surface area contributed by atoms with Crippen molar-refractivity contribution >= 4 is 34.9 Å². The van der Waals surface area contributed by atoms with Gasteiger partial charge in [0.15, 0.2) is 0 Å². The first kappa shape index (κ1) is 24.3. The number of nitrogens with zero attached hydrogens (tertiary/aromatic N) is 2. The van der Waals surface area contributed by atoms with Gasteiger partial charge in [-0.2, -0.15) is 4.98 Å². The van der Waals surface area contributed by atoms with Crippen LogP contribution in [-0.4, -0.2) is 10.1 Å². The summed E-state index contributed by atoms with van der Waals surface area (Å²) in [6.45, 7) is 4.34. The quantitative estimate of drug-likeness (QED) is 0.264. The second kappa shape index (κ2) is 10.0. The highest BCUT2D eigenvalue weighted by atomic mass is 35.5. The Morgan fingerprint density at radius 1 is 0.895 bits per heavy atom. The third-order valence-corrected chi connectivity index (χ3v) is 7.19. The highest BCUT2D eigenvalue weighted by Gasteiger charge is 2.39. The Bertz CT molecular complexity index is 1620. The van der Waals surface area contributed by atoms with Crippen LogP contribution >= 0.6 is 23.2 Å². The molecule has 4 aromatic rings. The third kappa shape index (κ3) is 4.67.